The third-order valence-corrected chi connectivity index (χ3v) is 7.30. The second-order valence-corrected chi connectivity index (χ2v) is 11.1. The molecule has 0 aliphatic rings. The molecule has 0 saturated carbocycles. The standard InChI is InChI=1S/C20H16N4O11S3/c1-10-19(22-21-12-2-4-14(5-3-12)37(28,29)30)20(26)24(23-10)16-9-15(38(31,32)33)7-11-6-13(36-35-34-27)8-17(25)18(11)16/h2-9,25-27H,1H3,(H,28,29,30)(H,31,32,33)/b22-21+. The first-order chi connectivity index (χ1) is 17.8. The van der Waals surface area contributed by atoms with Crippen LogP contribution in [0.5, 0.6) is 11.6 Å². The van der Waals surface area contributed by atoms with Crippen molar-refractivity contribution in [2.24, 2.45) is 10.2 Å². The van der Waals surface area contributed by atoms with Gasteiger partial charge in [0.05, 0.1) is 38.9 Å². The van der Waals surface area contributed by atoms with E-state index in [1.807, 2.05) is 0 Å². The van der Waals surface area contributed by atoms with Gasteiger partial charge in [0.15, 0.2) is 5.69 Å². The molecule has 4 aromatic rings. The normalized spacial score (nSPS) is 12.5. The predicted molar refractivity (Wildman–Crippen MR) is 130 cm³/mol. The summed E-state index contributed by atoms with van der Waals surface area (Å²) in [6.45, 7) is 1.46. The minimum absolute atomic E-state index is 0.0220. The highest BCUT2D eigenvalue weighted by atomic mass is 32.2. The molecular weight excluding hydrogens is 568 g/mol. The number of nitrogens with zero attached hydrogens (tertiary/aromatic N) is 4. The van der Waals surface area contributed by atoms with Crippen molar-refractivity contribution >= 4 is 54.4 Å². The Morgan fingerprint density at radius 2 is 1.58 bits per heavy atom. The van der Waals surface area contributed by atoms with E-state index in [0.29, 0.717) is 12.0 Å². The van der Waals surface area contributed by atoms with Crippen LogP contribution in [0, 0.1) is 6.92 Å². The van der Waals surface area contributed by atoms with E-state index in [4.69, 9.17) is 9.81 Å². The molecule has 0 saturated heterocycles. The minimum atomic E-state index is -4.75. The molecule has 0 radical (unpaired) electrons. The van der Waals surface area contributed by atoms with Crippen LogP contribution in [-0.2, 0) is 29.6 Å². The van der Waals surface area contributed by atoms with Gasteiger partial charge in [0, 0.05) is 10.3 Å². The number of phenols is 1. The van der Waals surface area contributed by atoms with Crippen molar-refractivity contribution in [3.63, 3.8) is 0 Å². The van der Waals surface area contributed by atoms with Gasteiger partial charge in [-0.1, -0.05) is 5.04 Å². The number of hydrogen-bond donors (Lipinski definition) is 5. The van der Waals surface area contributed by atoms with Gasteiger partial charge in [0.1, 0.15) is 5.75 Å². The fourth-order valence-corrected chi connectivity index (χ4v) is 4.88. The first-order valence-corrected chi connectivity index (χ1v) is 13.6. The molecule has 0 amide bonds. The first kappa shape index (κ1) is 27.4. The van der Waals surface area contributed by atoms with Crippen LogP contribution in [0.3, 0.4) is 0 Å². The van der Waals surface area contributed by atoms with E-state index < -0.39 is 36.8 Å². The summed E-state index contributed by atoms with van der Waals surface area (Å²) in [5.74, 6) is -1.01. The van der Waals surface area contributed by atoms with Gasteiger partial charge >= 0.3 is 0 Å². The van der Waals surface area contributed by atoms with Gasteiger partial charge in [-0.3, -0.25) is 9.11 Å². The Morgan fingerprint density at radius 3 is 2.18 bits per heavy atom. The summed E-state index contributed by atoms with van der Waals surface area (Å²) in [7, 11) is -9.16. The van der Waals surface area contributed by atoms with Gasteiger partial charge in [-0.15, -0.1) is 9.45 Å². The van der Waals surface area contributed by atoms with Gasteiger partial charge in [-0.05, 0) is 60.8 Å². The molecule has 0 bridgehead atoms. The maximum Gasteiger partial charge on any atom is 0.294 e. The third kappa shape index (κ3) is 5.61. The highest BCUT2D eigenvalue weighted by molar-refractivity contribution is 7.94. The van der Waals surface area contributed by atoms with Crippen molar-refractivity contribution in [1.29, 1.82) is 0 Å². The lowest BCUT2D eigenvalue weighted by molar-refractivity contribution is -0.432. The van der Waals surface area contributed by atoms with E-state index in [1.165, 1.54) is 31.2 Å². The Bertz CT molecular complexity index is 1790. The van der Waals surface area contributed by atoms with Crippen molar-refractivity contribution in [3.05, 3.63) is 54.2 Å². The minimum Gasteiger partial charge on any atom is -0.507 e. The Hall–Kier alpha value is -3.62. The highest BCUT2D eigenvalue weighted by Gasteiger charge is 2.23. The molecule has 0 unspecified atom stereocenters. The van der Waals surface area contributed by atoms with E-state index in [0.717, 1.165) is 28.9 Å². The number of azo groups is 1. The number of fused-ring (bicyclic) bond motifs is 1. The topological polar surface area (TPSA) is 230 Å². The van der Waals surface area contributed by atoms with Gasteiger partial charge in [0.2, 0.25) is 5.88 Å². The number of benzene rings is 3. The lowest BCUT2D eigenvalue weighted by atomic mass is 10.1. The molecule has 0 aliphatic carbocycles. The van der Waals surface area contributed by atoms with E-state index in [1.54, 1.807) is 0 Å². The van der Waals surface area contributed by atoms with Crippen LogP contribution in [0.4, 0.5) is 11.4 Å². The van der Waals surface area contributed by atoms with E-state index in [2.05, 4.69) is 24.7 Å². The molecule has 1 aromatic heterocycles. The van der Waals surface area contributed by atoms with Crippen LogP contribution >= 0.6 is 12.0 Å². The van der Waals surface area contributed by atoms with Crippen molar-refractivity contribution in [1.82, 2.24) is 9.78 Å². The van der Waals surface area contributed by atoms with Crippen molar-refractivity contribution < 1.29 is 50.8 Å². The number of aromatic hydroxyl groups is 2. The summed E-state index contributed by atoms with van der Waals surface area (Å²) in [6.07, 6.45) is 0. The van der Waals surface area contributed by atoms with Crippen molar-refractivity contribution in [2.75, 3.05) is 0 Å². The van der Waals surface area contributed by atoms with Crippen LogP contribution in [0.25, 0.3) is 16.5 Å². The zero-order chi connectivity index (χ0) is 27.8. The summed E-state index contributed by atoms with van der Waals surface area (Å²) in [5.41, 5.74) is 0.00313. The Labute approximate surface area is 218 Å². The average molecular weight is 585 g/mol. The summed E-state index contributed by atoms with van der Waals surface area (Å²) >= 11 is 0.490. The maximum atomic E-state index is 11.9. The lowest BCUT2D eigenvalue weighted by Gasteiger charge is -2.12. The van der Waals surface area contributed by atoms with E-state index in [-0.39, 0.29) is 43.3 Å². The molecule has 3 aromatic carbocycles. The maximum absolute atomic E-state index is 11.9. The Kier molecular flexibility index (Phi) is 7.41. The Balaban J connectivity index is 1.85. The molecule has 4 rings (SSSR count). The summed E-state index contributed by atoms with van der Waals surface area (Å²) in [4.78, 5) is -0.765. The fourth-order valence-electron chi connectivity index (χ4n) is 3.42. The molecule has 1 heterocycles. The van der Waals surface area contributed by atoms with Gasteiger partial charge in [0.25, 0.3) is 20.2 Å². The molecule has 0 atom stereocenters. The van der Waals surface area contributed by atoms with Gasteiger partial charge < -0.3 is 10.2 Å². The quantitative estimate of drug-likeness (QED) is 0.0646. The van der Waals surface area contributed by atoms with Gasteiger partial charge in [-0.2, -0.15) is 31.7 Å². The van der Waals surface area contributed by atoms with Crippen LogP contribution in [0.2, 0.25) is 0 Å². The van der Waals surface area contributed by atoms with Crippen LogP contribution in [0.1, 0.15) is 5.69 Å². The van der Waals surface area contributed by atoms with Crippen LogP contribution in [0.15, 0.2) is 73.4 Å². The second-order valence-electron chi connectivity index (χ2n) is 7.52. The molecular formula is C20H16N4O11S3. The van der Waals surface area contributed by atoms with E-state index in [9.17, 15) is 31.6 Å². The number of hydrogen-bond acceptors (Lipinski definition) is 13. The molecule has 0 spiro atoms. The third-order valence-electron chi connectivity index (χ3n) is 5.05. The van der Waals surface area contributed by atoms with E-state index >= 15 is 0 Å². The molecule has 18 heteroatoms. The molecule has 5 N–H and O–H groups in total. The Morgan fingerprint density at radius 1 is 0.921 bits per heavy atom. The first-order valence-electron chi connectivity index (χ1n) is 10.0. The monoisotopic (exact) mass is 584 g/mol. The molecule has 38 heavy (non-hydrogen) atoms. The summed E-state index contributed by atoms with van der Waals surface area (Å²) < 4.78 is 70.2. The number of phenolic OH excluding ortho intramolecular Hbond substituents is 1. The van der Waals surface area contributed by atoms with Crippen molar-refractivity contribution in [3.8, 4) is 17.3 Å². The number of rotatable bonds is 8. The average Bonchev–Trinajstić information content (AvgIpc) is 3.12. The number of aromatic nitrogens is 2. The smallest absolute Gasteiger partial charge is 0.294 e. The molecule has 0 fully saturated rings. The van der Waals surface area contributed by atoms with Crippen molar-refractivity contribution in [2.45, 2.75) is 21.6 Å². The molecule has 0 aliphatic heterocycles. The summed E-state index contributed by atoms with van der Waals surface area (Å²) in [5, 5.41) is 45.5. The zero-order valence-corrected chi connectivity index (χ0v) is 21.3. The molecule has 200 valence electrons. The fraction of sp³-hybridized carbons (Fsp3) is 0.0500. The van der Waals surface area contributed by atoms with Crippen LogP contribution < -0.4 is 0 Å². The zero-order valence-electron chi connectivity index (χ0n) is 18.8. The summed E-state index contributed by atoms with van der Waals surface area (Å²) in [6, 6.07) is 9.28. The predicted octanol–water partition coefficient (Wildman–Crippen LogP) is 4.08. The number of aryl methyl sites for hydroxylation is 1. The second kappa shape index (κ2) is 10.3. The largest absolute Gasteiger partial charge is 0.507 e. The van der Waals surface area contributed by atoms with Crippen LogP contribution in [-0.4, -0.2) is 51.2 Å². The SMILES string of the molecule is Cc1nn(-c2cc(S(=O)(=O)O)cc3cc(SOOO)cc(O)c23)c(O)c1/N=N/c1ccc(S(=O)(=O)O)cc1. The van der Waals surface area contributed by atoms with Gasteiger partial charge in [-0.25, -0.2) is 5.26 Å². The molecule has 15 nitrogen and oxygen atoms in total. The lowest BCUT2D eigenvalue weighted by Crippen LogP contribution is -2.03. The highest BCUT2D eigenvalue weighted by Crippen LogP contribution is 2.41.